The number of pyridine rings is 1. The smallest absolute Gasteiger partial charge is 0.220 e. The Morgan fingerprint density at radius 3 is 2.68 bits per heavy atom. The van der Waals surface area contributed by atoms with Crippen molar-refractivity contribution in [2.45, 2.75) is 32.9 Å². The highest BCUT2D eigenvalue weighted by atomic mass is 16.5. The summed E-state index contributed by atoms with van der Waals surface area (Å²) in [4.78, 5) is 29.3. The van der Waals surface area contributed by atoms with Gasteiger partial charge in [-0.05, 0) is 47.9 Å². The largest absolute Gasteiger partial charge is 0.490 e. The van der Waals surface area contributed by atoms with Crippen molar-refractivity contribution >= 4 is 22.7 Å². The fourth-order valence-electron chi connectivity index (χ4n) is 3.86. The zero-order valence-corrected chi connectivity index (χ0v) is 18.1. The van der Waals surface area contributed by atoms with Gasteiger partial charge in [0.05, 0.1) is 5.52 Å². The summed E-state index contributed by atoms with van der Waals surface area (Å²) in [6.07, 6.45) is 2.18. The Kier molecular flexibility index (Phi) is 5.89. The van der Waals surface area contributed by atoms with Crippen LogP contribution in [0.3, 0.4) is 0 Å². The predicted molar refractivity (Wildman–Crippen MR) is 121 cm³/mol. The topological polar surface area (TPSA) is 71.5 Å². The third-order valence-corrected chi connectivity index (χ3v) is 5.91. The van der Waals surface area contributed by atoms with Crippen LogP contribution in [-0.4, -0.2) is 41.4 Å². The third kappa shape index (κ3) is 4.68. The zero-order chi connectivity index (χ0) is 22.0. The lowest BCUT2D eigenvalue weighted by Gasteiger charge is -2.21. The van der Waals surface area contributed by atoms with E-state index in [0.717, 1.165) is 33.3 Å². The van der Waals surface area contributed by atoms with E-state index in [2.05, 4.69) is 28.5 Å². The third-order valence-electron chi connectivity index (χ3n) is 5.91. The van der Waals surface area contributed by atoms with E-state index >= 15 is 0 Å². The number of carbonyl (C=O) groups excluding carboxylic acids is 2. The molecule has 1 saturated heterocycles. The van der Waals surface area contributed by atoms with Crippen LogP contribution in [0.15, 0.2) is 54.7 Å². The SMILES string of the molecule is CC(=O)N(C)Cc1ccc(-c2cc(O[C@H](C)[C@@H]3CNC(=O)C3)c3cccnc3c2)cc1. The number of hydrogen-bond donors (Lipinski definition) is 1. The highest BCUT2D eigenvalue weighted by Crippen LogP contribution is 2.33. The average Bonchev–Trinajstić information content (AvgIpc) is 3.20. The maximum Gasteiger partial charge on any atom is 0.220 e. The molecular formula is C25H27N3O3. The molecule has 0 aliphatic carbocycles. The summed E-state index contributed by atoms with van der Waals surface area (Å²) in [5.41, 5.74) is 4.00. The van der Waals surface area contributed by atoms with Crippen LogP contribution in [-0.2, 0) is 16.1 Å². The van der Waals surface area contributed by atoms with Crippen molar-refractivity contribution in [3.8, 4) is 16.9 Å². The summed E-state index contributed by atoms with van der Waals surface area (Å²) >= 11 is 0. The number of benzene rings is 2. The van der Waals surface area contributed by atoms with Crippen molar-refractivity contribution in [2.75, 3.05) is 13.6 Å². The van der Waals surface area contributed by atoms with Gasteiger partial charge in [0.2, 0.25) is 11.8 Å². The van der Waals surface area contributed by atoms with Gasteiger partial charge >= 0.3 is 0 Å². The molecule has 1 fully saturated rings. The predicted octanol–water partition coefficient (Wildman–Crippen LogP) is 3.78. The maximum atomic E-state index is 11.6. The van der Waals surface area contributed by atoms with Gasteiger partial charge in [-0.3, -0.25) is 14.6 Å². The Hall–Kier alpha value is -3.41. The number of hydrogen-bond acceptors (Lipinski definition) is 4. The zero-order valence-electron chi connectivity index (χ0n) is 18.1. The van der Waals surface area contributed by atoms with E-state index in [9.17, 15) is 9.59 Å². The van der Waals surface area contributed by atoms with E-state index in [-0.39, 0.29) is 23.8 Å². The molecule has 2 heterocycles. The number of nitrogens with one attached hydrogen (secondary N) is 1. The maximum absolute atomic E-state index is 11.6. The van der Waals surface area contributed by atoms with Crippen molar-refractivity contribution in [1.82, 2.24) is 15.2 Å². The van der Waals surface area contributed by atoms with Crippen molar-refractivity contribution in [2.24, 2.45) is 5.92 Å². The highest BCUT2D eigenvalue weighted by molar-refractivity contribution is 5.90. The second-order valence-corrected chi connectivity index (χ2v) is 8.21. The van der Waals surface area contributed by atoms with Crippen LogP contribution < -0.4 is 10.1 Å². The van der Waals surface area contributed by atoms with Gasteiger partial charge < -0.3 is 15.0 Å². The number of carbonyl (C=O) groups is 2. The number of rotatable bonds is 6. The van der Waals surface area contributed by atoms with Gasteiger partial charge in [-0.2, -0.15) is 0 Å². The molecule has 0 unspecified atom stereocenters. The summed E-state index contributed by atoms with van der Waals surface area (Å²) in [7, 11) is 1.80. The van der Waals surface area contributed by atoms with Gasteiger partial charge in [0, 0.05) is 51.0 Å². The average molecular weight is 418 g/mol. The van der Waals surface area contributed by atoms with Crippen LogP contribution in [0.25, 0.3) is 22.0 Å². The minimum Gasteiger partial charge on any atom is -0.490 e. The monoisotopic (exact) mass is 417 g/mol. The minimum absolute atomic E-state index is 0.0414. The molecule has 4 rings (SSSR count). The van der Waals surface area contributed by atoms with Crippen molar-refractivity contribution in [3.63, 3.8) is 0 Å². The number of ether oxygens (including phenoxy) is 1. The van der Waals surface area contributed by atoms with E-state index in [1.807, 2.05) is 37.3 Å². The first-order valence-electron chi connectivity index (χ1n) is 10.5. The Balaban J connectivity index is 1.63. The molecule has 0 bridgehead atoms. The van der Waals surface area contributed by atoms with Gasteiger partial charge in [0.15, 0.2) is 0 Å². The van der Waals surface area contributed by atoms with E-state index in [4.69, 9.17) is 4.74 Å². The van der Waals surface area contributed by atoms with E-state index in [1.54, 1.807) is 25.1 Å². The molecule has 6 heteroatoms. The number of amides is 2. The molecule has 31 heavy (non-hydrogen) atoms. The number of fused-ring (bicyclic) bond motifs is 1. The first-order chi connectivity index (χ1) is 14.9. The second kappa shape index (κ2) is 8.76. The van der Waals surface area contributed by atoms with Crippen molar-refractivity contribution in [3.05, 3.63) is 60.3 Å². The molecule has 1 aromatic heterocycles. The lowest BCUT2D eigenvalue weighted by atomic mass is 10.0. The van der Waals surface area contributed by atoms with E-state index in [1.165, 1.54) is 0 Å². The van der Waals surface area contributed by atoms with Crippen LogP contribution in [0, 0.1) is 5.92 Å². The molecule has 1 aliphatic rings. The Bertz CT molecular complexity index is 1110. The molecule has 6 nitrogen and oxygen atoms in total. The lowest BCUT2D eigenvalue weighted by Crippen LogP contribution is -2.25. The number of nitrogens with zero attached hydrogens (tertiary/aromatic N) is 2. The van der Waals surface area contributed by atoms with Crippen LogP contribution in [0.2, 0.25) is 0 Å². The Morgan fingerprint density at radius 2 is 2.00 bits per heavy atom. The highest BCUT2D eigenvalue weighted by Gasteiger charge is 2.28. The Labute approximate surface area is 182 Å². The fraction of sp³-hybridized carbons (Fsp3) is 0.320. The molecule has 160 valence electrons. The molecule has 2 amide bonds. The van der Waals surface area contributed by atoms with Crippen LogP contribution in [0.4, 0.5) is 0 Å². The summed E-state index contributed by atoms with van der Waals surface area (Å²) in [6.45, 7) is 4.80. The lowest BCUT2D eigenvalue weighted by molar-refractivity contribution is -0.128. The summed E-state index contributed by atoms with van der Waals surface area (Å²) in [6, 6.07) is 16.2. The molecular weight excluding hydrogens is 390 g/mol. The van der Waals surface area contributed by atoms with Crippen molar-refractivity contribution < 1.29 is 14.3 Å². The summed E-state index contributed by atoms with van der Waals surface area (Å²) in [5, 5.41) is 3.83. The number of aromatic nitrogens is 1. The van der Waals surface area contributed by atoms with Gasteiger partial charge in [0.25, 0.3) is 0 Å². The normalized spacial score (nSPS) is 16.7. The van der Waals surface area contributed by atoms with Crippen molar-refractivity contribution in [1.29, 1.82) is 0 Å². The van der Waals surface area contributed by atoms with E-state index in [0.29, 0.717) is 19.5 Å². The van der Waals surface area contributed by atoms with Crippen LogP contribution in [0.1, 0.15) is 25.8 Å². The molecule has 0 spiro atoms. The molecule has 0 saturated carbocycles. The molecule has 2 aromatic carbocycles. The van der Waals surface area contributed by atoms with Gasteiger partial charge in [-0.15, -0.1) is 0 Å². The molecule has 1 N–H and O–H groups in total. The Morgan fingerprint density at radius 1 is 1.23 bits per heavy atom. The summed E-state index contributed by atoms with van der Waals surface area (Å²) < 4.78 is 6.35. The standard InChI is InChI=1S/C25H27N3O3/c1-16(21-13-25(30)27-14-21)31-24-12-20(11-23-22(24)5-4-10-26-23)19-8-6-18(7-9-19)15-28(3)17(2)29/h4-12,16,21H,13-15H2,1-3H3,(H,27,30)/t16-,21+/m1/s1. The minimum atomic E-state index is -0.0953. The van der Waals surface area contributed by atoms with Gasteiger partial charge in [0.1, 0.15) is 11.9 Å². The van der Waals surface area contributed by atoms with Gasteiger partial charge in [-0.1, -0.05) is 24.3 Å². The first-order valence-corrected chi connectivity index (χ1v) is 10.5. The molecule has 3 aromatic rings. The van der Waals surface area contributed by atoms with Gasteiger partial charge in [-0.25, -0.2) is 0 Å². The fourth-order valence-corrected chi connectivity index (χ4v) is 3.86. The second-order valence-electron chi connectivity index (χ2n) is 8.21. The van der Waals surface area contributed by atoms with Crippen LogP contribution in [0.5, 0.6) is 5.75 Å². The first kappa shape index (κ1) is 20.8. The molecule has 1 aliphatic heterocycles. The van der Waals surface area contributed by atoms with E-state index < -0.39 is 0 Å². The summed E-state index contributed by atoms with van der Waals surface area (Å²) in [5.74, 6) is 1.05. The van der Waals surface area contributed by atoms with Crippen LogP contribution >= 0.6 is 0 Å². The molecule has 2 atom stereocenters. The quantitative estimate of drug-likeness (QED) is 0.663. The molecule has 0 radical (unpaired) electrons.